The lowest BCUT2D eigenvalue weighted by atomic mass is 10.2. The fraction of sp³-hybridized carbons (Fsp3) is 0.143. The number of halogens is 4. The SMILES string of the molecule is CCOC(=O)NNc1cn(C(=O)c2cc(C(F)(F)F)nn2-c2ncccc2Cl)c2ccccc12. The molecule has 3 aromatic heterocycles. The minimum absolute atomic E-state index is 0.00623. The quantitative estimate of drug-likeness (QED) is 0.393. The molecule has 13 heteroatoms. The molecule has 176 valence electrons. The number of alkyl halides is 3. The summed E-state index contributed by atoms with van der Waals surface area (Å²) in [4.78, 5) is 29.1. The Bertz CT molecular complexity index is 1380. The summed E-state index contributed by atoms with van der Waals surface area (Å²) in [6.45, 7) is 1.78. The van der Waals surface area contributed by atoms with Crippen LogP contribution in [0.3, 0.4) is 0 Å². The van der Waals surface area contributed by atoms with E-state index in [-0.39, 0.29) is 17.4 Å². The number of nitrogens with one attached hydrogen (secondary N) is 2. The smallest absolute Gasteiger partial charge is 0.435 e. The van der Waals surface area contributed by atoms with Gasteiger partial charge in [-0.2, -0.15) is 18.3 Å². The van der Waals surface area contributed by atoms with Crippen LogP contribution < -0.4 is 10.9 Å². The Morgan fingerprint density at radius 2 is 1.94 bits per heavy atom. The summed E-state index contributed by atoms with van der Waals surface area (Å²) in [5, 5.41) is 4.07. The van der Waals surface area contributed by atoms with Crippen LogP contribution in [-0.4, -0.2) is 37.9 Å². The minimum atomic E-state index is -4.81. The fourth-order valence-corrected chi connectivity index (χ4v) is 3.42. The second-order valence-corrected chi connectivity index (χ2v) is 7.25. The van der Waals surface area contributed by atoms with Gasteiger partial charge in [0.25, 0.3) is 5.91 Å². The van der Waals surface area contributed by atoms with E-state index in [1.165, 1.54) is 24.5 Å². The normalized spacial score (nSPS) is 11.4. The van der Waals surface area contributed by atoms with Gasteiger partial charge in [0, 0.05) is 23.8 Å². The van der Waals surface area contributed by atoms with Crippen molar-refractivity contribution in [2.45, 2.75) is 13.1 Å². The van der Waals surface area contributed by atoms with Crippen molar-refractivity contribution in [3.8, 4) is 5.82 Å². The number of carbonyl (C=O) groups is 2. The van der Waals surface area contributed by atoms with Crippen molar-refractivity contribution in [3.05, 3.63) is 71.3 Å². The molecule has 4 aromatic rings. The second-order valence-electron chi connectivity index (χ2n) is 6.84. The molecule has 0 spiro atoms. The van der Waals surface area contributed by atoms with Crippen LogP contribution in [0.25, 0.3) is 16.7 Å². The van der Waals surface area contributed by atoms with Crippen LogP contribution in [0.5, 0.6) is 0 Å². The van der Waals surface area contributed by atoms with Crippen molar-refractivity contribution in [3.63, 3.8) is 0 Å². The van der Waals surface area contributed by atoms with Gasteiger partial charge in [0.1, 0.15) is 5.69 Å². The van der Waals surface area contributed by atoms with E-state index >= 15 is 0 Å². The number of nitrogens with zero attached hydrogens (tertiary/aromatic N) is 4. The summed E-state index contributed by atoms with van der Waals surface area (Å²) in [6.07, 6.45) is -2.90. The monoisotopic (exact) mass is 492 g/mol. The topological polar surface area (TPSA) is 103 Å². The van der Waals surface area contributed by atoms with Gasteiger partial charge in [-0.1, -0.05) is 29.8 Å². The van der Waals surface area contributed by atoms with E-state index in [2.05, 4.69) is 20.9 Å². The molecular weight excluding hydrogens is 477 g/mol. The highest BCUT2D eigenvalue weighted by Gasteiger charge is 2.37. The third kappa shape index (κ3) is 4.39. The molecule has 3 heterocycles. The number of pyridine rings is 1. The summed E-state index contributed by atoms with van der Waals surface area (Å²) >= 11 is 6.12. The van der Waals surface area contributed by atoms with Crippen LogP contribution in [0.2, 0.25) is 5.02 Å². The maximum Gasteiger partial charge on any atom is 0.435 e. The van der Waals surface area contributed by atoms with Crippen molar-refractivity contribution in [1.29, 1.82) is 0 Å². The Kier molecular flexibility index (Phi) is 6.16. The Balaban J connectivity index is 1.82. The van der Waals surface area contributed by atoms with Crippen LogP contribution in [0, 0.1) is 0 Å². The molecule has 34 heavy (non-hydrogen) atoms. The summed E-state index contributed by atoms with van der Waals surface area (Å²) in [5.74, 6) is -0.966. The van der Waals surface area contributed by atoms with Gasteiger partial charge in [-0.15, -0.1) is 0 Å². The van der Waals surface area contributed by atoms with E-state index in [4.69, 9.17) is 16.3 Å². The number of hydrazine groups is 1. The first kappa shape index (κ1) is 23.1. The molecular formula is C21H16ClF3N6O3. The van der Waals surface area contributed by atoms with Gasteiger partial charge in [0.2, 0.25) is 0 Å². The van der Waals surface area contributed by atoms with Crippen LogP contribution in [0.15, 0.2) is 54.9 Å². The molecule has 4 rings (SSSR count). The highest BCUT2D eigenvalue weighted by Crippen LogP contribution is 2.32. The van der Waals surface area contributed by atoms with Crippen molar-refractivity contribution >= 4 is 40.2 Å². The first-order chi connectivity index (χ1) is 16.2. The largest absolute Gasteiger partial charge is 0.449 e. The van der Waals surface area contributed by atoms with Gasteiger partial charge >= 0.3 is 12.3 Å². The molecule has 0 saturated carbocycles. The van der Waals surface area contributed by atoms with Crippen molar-refractivity contribution in [2.75, 3.05) is 12.0 Å². The van der Waals surface area contributed by atoms with E-state index in [0.717, 1.165) is 9.25 Å². The number of para-hydroxylation sites is 1. The van der Waals surface area contributed by atoms with Gasteiger partial charge in [0.05, 0.1) is 22.8 Å². The van der Waals surface area contributed by atoms with E-state index in [9.17, 15) is 22.8 Å². The average molecular weight is 493 g/mol. The number of aromatic nitrogens is 4. The number of fused-ring (bicyclic) bond motifs is 1. The number of carbonyl (C=O) groups excluding carboxylic acids is 2. The lowest BCUT2D eigenvalue weighted by Gasteiger charge is -2.08. The molecule has 0 saturated heterocycles. The van der Waals surface area contributed by atoms with Crippen LogP contribution in [0.4, 0.5) is 23.7 Å². The molecule has 2 N–H and O–H groups in total. The molecule has 0 atom stereocenters. The fourth-order valence-electron chi connectivity index (χ4n) is 3.22. The molecule has 0 aliphatic heterocycles. The number of amides is 1. The average Bonchev–Trinajstić information content (AvgIpc) is 3.40. The summed E-state index contributed by atoms with van der Waals surface area (Å²) < 4.78 is 47.0. The van der Waals surface area contributed by atoms with Crippen LogP contribution >= 0.6 is 11.6 Å². The predicted molar refractivity (Wildman–Crippen MR) is 117 cm³/mol. The van der Waals surface area contributed by atoms with Crippen LogP contribution in [-0.2, 0) is 10.9 Å². The molecule has 0 aliphatic rings. The van der Waals surface area contributed by atoms with Gasteiger partial charge in [-0.05, 0) is 25.1 Å². The van der Waals surface area contributed by atoms with E-state index in [1.807, 2.05) is 0 Å². The summed E-state index contributed by atoms with van der Waals surface area (Å²) in [7, 11) is 0. The van der Waals surface area contributed by atoms with Gasteiger partial charge in [-0.3, -0.25) is 14.8 Å². The predicted octanol–water partition coefficient (Wildman–Crippen LogP) is 4.66. The number of rotatable bonds is 5. The zero-order chi connectivity index (χ0) is 24.5. The Hall–Kier alpha value is -4.06. The third-order valence-corrected chi connectivity index (χ3v) is 4.96. The lowest BCUT2D eigenvalue weighted by Crippen LogP contribution is -2.29. The van der Waals surface area contributed by atoms with Crippen LogP contribution in [0.1, 0.15) is 23.1 Å². The van der Waals surface area contributed by atoms with E-state index in [1.54, 1.807) is 31.2 Å². The first-order valence-electron chi connectivity index (χ1n) is 9.82. The van der Waals surface area contributed by atoms with Gasteiger partial charge in [0.15, 0.2) is 11.5 Å². The number of anilines is 1. The second kappa shape index (κ2) is 9.06. The highest BCUT2D eigenvalue weighted by atomic mass is 35.5. The Morgan fingerprint density at radius 3 is 2.65 bits per heavy atom. The summed E-state index contributed by atoms with van der Waals surface area (Å²) in [5.41, 5.74) is 3.96. The Morgan fingerprint density at radius 1 is 1.18 bits per heavy atom. The maximum absolute atomic E-state index is 13.5. The molecule has 1 aromatic carbocycles. The Labute approximate surface area is 195 Å². The lowest BCUT2D eigenvalue weighted by molar-refractivity contribution is -0.141. The number of benzene rings is 1. The maximum atomic E-state index is 13.5. The summed E-state index contributed by atoms with van der Waals surface area (Å²) in [6, 6.07) is 10.2. The first-order valence-corrected chi connectivity index (χ1v) is 10.2. The zero-order valence-corrected chi connectivity index (χ0v) is 18.2. The van der Waals surface area contributed by atoms with Gasteiger partial charge in [-0.25, -0.2) is 19.9 Å². The third-order valence-electron chi connectivity index (χ3n) is 4.66. The molecule has 0 radical (unpaired) electrons. The number of hydrogen-bond acceptors (Lipinski definition) is 6. The van der Waals surface area contributed by atoms with Crippen molar-refractivity contribution in [1.82, 2.24) is 24.8 Å². The molecule has 0 unspecified atom stereocenters. The molecule has 9 nitrogen and oxygen atoms in total. The standard InChI is InChI=1S/C21H16ClF3N6O3/c1-2-34-20(33)28-27-14-11-30(15-8-4-3-6-12(14)15)19(32)16-10-17(21(23,24)25)29-31(16)18-13(22)7-5-9-26-18/h3-11,27H,2H2,1H3,(H,28,33). The molecule has 0 bridgehead atoms. The van der Waals surface area contributed by atoms with Crippen molar-refractivity contribution in [2.24, 2.45) is 0 Å². The van der Waals surface area contributed by atoms with E-state index < -0.39 is 29.6 Å². The van der Waals surface area contributed by atoms with E-state index in [0.29, 0.717) is 22.7 Å². The molecule has 0 fully saturated rings. The number of ether oxygens (including phenoxy) is 1. The number of hydrogen-bond donors (Lipinski definition) is 2. The van der Waals surface area contributed by atoms with Crippen molar-refractivity contribution < 1.29 is 27.5 Å². The van der Waals surface area contributed by atoms with Gasteiger partial charge < -0.3 is 4.74 Å². The molecule has 0 aliphatic carbocycles. The molecule has 1 amide bonds. The minimum Gasteiger partial charge on any atom is -0.449 e. The zero-order valence-electron chi connectivity index (χ0n) is 17.4. The highest BCUT2D eigenvalue weighted by molar-refractivity contribution is 6.32.